The molecule has 0 aliphatic carbocycles. The van der Waals surface area contributed by atoms with Crippen LogP contribution in [0.5, 0.6) is 5.75 Å². The number of benzene rings is 3. The highest BCUT2D eigenvalue weighted by atomic mass is 16.5. The molecular formula is C23H21NO4. The number of amides is 1. The quantitative estimate of drug-likeness (QED) is 0.626. The highest BCUT2D eigenvalue weighted by Gasteiger charge is 2.11. The Kier molecular flexibility index (Phi) is 6.07. The Hall–Kier alpha value is -3.60. The van der Waals surface area contributed by atoms with E-state index in [0.717, 1.165) is 17.5 Å². The van der Waals surface area contributed by atoms with Crippen LogP contribution in [-0.4, -0.2) is 23.6 Å². The molecule has 3 aromatic rings. The zero-order valence-electron chi connectivity index (χ0n) is 15.5. The van der Waals surface area contributed by atoms with Crippen LogP contribution in [0.2, 0.25) is 0 Å². The Labute approximate surface area is 163 Å². The van der Waals surface area contributed by atoms with Gasteiger partial charge >= 0.3 is 5.97 Å². The van der Waals surface area contributed by atoms with Crippen LogP contribution in [0.3, 0.4) is 0 Å². The second-order valence-corrected chi connectivity index (χ2v) is 6.30. The van der Waals surface area contributed by atoms with E-state index >= 15 is 0 Å². The summed E-state index contributed by atoms with van der Waals surface area (Å²) in [6.45, 7) is 1.71. The maximum atomic E-state index is 12.1. The molecule has 5 heteroatoms. The molecule has 3 rings (SSSR count). The fourth-order valence-corrected chi connectivity index (χ4v) is 2.69. The van der Waals surface area contributed by atoms with Crippen molar-refractivity contribution >= 4 is 17.6 Å². The van der Waals surface area contributed by atoms with Gasteiger partial charge in [0.25, 0.3) is 5.91 Å². The predicted octanol–water partition coefficient (Wildman–Crippen LogP) is 4.42. The molecule has 0 saturated carbocycles. The third kappa shape index (κ3) is 4.98. The zero-order valence-corrected chi connectivity index (χ0v) is 15.5. The number of nitrogens with one attached hydrogen (secondary N) is 1. The van der Waals surface area contributed by atoms with Gasteiger partial charge in [-0.15, -0.1) is 0 Å². The van der Waals surface area contributed by atoms with Gasteiger partial charge < -0.3 is 15.2 Å². The van der Waals surface area contributed by atoms with Crippen LogP contribution in [-0.2, 0) is 16.0 Å². The minimum Gasteiger partial charge on any atom is -0.508 e. The maximum Gasteiger partial charge on any atom is 0.338 e. The lowest BCUT2D eigenvalue weighted by Crippen LogP contribution is -2.20. The number of esters is 1. The van der Waals surface area contributed by atoms with Crippen LogP contribution in [0, 0.1) is 0 Å². The second-order valence-electron chi connectivity index (χ2n) is 6.30. The van der Waals surface area contributed by atoms with E-state index in [1.165, 1.54) is 5.56 Å². The van der Waals surface area contributed by atoms with E-state index in [1.54, 1.807) is 48.5 Å². The summed E-state index contributed by atoms with van der Waals surface area (Å²) >= 11 is 0. The van der Waals surface area contributed by atoms with Gasteiger partial charge in [0.15, 0.2) is 6.61 Å². The molecular weight excluding hydrogens is 354 g/mol. The van der Waals surface area contributed by atoms with Gasteiger partial charge in [0.05, 0.1) is 5.56 Å². The molecule has 0 unspecified atom stereocenters. The lowest BCUT2D eigenvalue weighted by Gasteiger charge is -2.08. The molecule has 0 atom stereocenters. The highest BCUT2D eigenvalue weighted by molar-refractivity contribution is 5.95. The van der Waals surface area contributed by atoms with E-state index in [0.29, 0.717) is 11.3 Å². The third-order valence-electron chi connectivity index (χ3n) is 4.30. The fourth-order valence-electron chi connectivity index (χ4n) is 2.69. The summed E-state index contributed by atoms with van der Waals surface area (Å²) in [7, 11) is 0. The first-order chi connectivity index (χ1) is 13.5. The van der Waals surface area contributed by atoms with E-state index < -0.39 is 11.9 Å². The summed E-state index contributed by atoms with van der Waals surface area (Å²) in [6, 6.07) is 21.2. The van der Waals surface area contributed by atoms with Gasteiger partial charge in [-0.1, -0.05) is 43.3 Å². The molecule has 0 bridgehead atoms. The summed E-state index contributed by atoms with van der Waals surface area (Å²) in [5.74, 6) is -0.754. The fraction of sp³-hybridized carbons (Fsp3) is 0.130. The molecule has 0 spiro atoms. The van der Waals surface area contributed by atoms with E-state index in [-0.39, 0.29) is 12.4 Å². The van der Waals surface area contributed by atoms with E-state index in [4.69, 9.17) is 4.74 Å². The number of carbonyl (C=O) groups excluding carboxylic acids is 2. The predicted molar refractivity (Wildman–Crippen MR) is 108 cm³/mol. The van der Waals surface area contributed by atoms with Crippen molar-refractivity contribution in [1.29, 1.82) is 0 Å². The smallest absolute Gasteiger partial charge is 0.338 e. The molecule has 0 aliphatic heterocycles. The van der Waals surface area contributed by atoms with Gasteiger partial charge in [0.2, 0.25) is 0 Å². The maximum absolute atomic E-state index is 12.1. The number of rotatable bonds is 6. The van der Waals surface area contributed by atoms with Crippen LogP contribution in [0.25, 0.3) is 11.1 Å². The summed E-state index contributed by atoms with van der Waals surface area (Å²) < 4.78 is 5.08. The first-order valence-corrected chi connectivity index (χ1v) is 9.00. The summed E-state index contributed by atoms with van der Waals surface area (Å²) in [5.41, 5.74) is 4.04. The number of aryl methyl sites for hydroxylation is 1. The zero-order chi connectivity index (χ0) is 19.9. The van der Waals surface area contributed by atoms with Gasteiger partial charge in [-0.25, -0.2) is 4.79 Å². The van der Waals surface area contributed by atoms with Crippen molar-refractivity contribution in [3.63, 3.8) is 0 Å². The Morgan fingerprint density at radius 2 is 1.43 bits per heavy atom. The van der Waals surface area contributed by atoms with Crippen molar-refractivity contribution in [3.05, 3.63) is 83.9 Å². The molecule has 0 radical (unpaired) electrons. The number of hydrogen-bond acceptors (Lipinski definition) is 4. The lowest BCUT2D eigenvalue weighted by atomic mass is 10.0. The Morgan fingerprint density at radius 3 is 2.00 bits per heavy atom. The van der Waals surface area contributed by atoms with Gasteiger partial charge in [-0.3, -0.25) is 4.79 Å². The Balaban J connectivity index is 1.53. The molecule has 0 heterocycles. The first kappa shape index (κ1) is 19.2. The topological polar surface area (TPSA) is 75.6 Å². The van der Waals surface area contributed by atoms with Crippen molar-refractivity contribution in [1.82, 2.24) is 0 Å². The van der Waals surface area contributed by atoms with Gasteiger partial charge in [-0.05, 0) is 59.5 Å². The highest BCUT2D eigenvalue weighted by Crippen LogP contribution is 2.22. The van der Waals surface area contributed by atoms with E-state index in [9.17, 15) is 14.7 Å². The van der Waals surface area contributed by atoms with Crippen LogP contribution >= 0.6 is 0 Å². The van der Waals surface area contributed by atoms with Gasteiger partial charge in [0.1, 0.15) is 5.75 Å². The molecule has 28 heavy (non-hydrogen) atoms. The third-order valence-corrected chi connectivity index (χ3v) is 4.30. The molecule has 5 nitrogen and oxygen atoms in total. The number of ether oxygens (including phenoxy) is 1. The van der Waals surface area contributed by atoms with Crippen molar-refractivity contribution in [3.8, 4) is 16.9 Å². The average molecular weight is 375 g/mol. The summed E-state index contributed by atoms with van der Waals surface area (Å²) in [5, 5.41) is 12.0. The number of aromatic hydroxyl groups is 1. The molecule has 3 aromatic carbocycles. The first-order valence-electron chi connectivity index (χ1n) is 9.00. The molecule has 0 saturated heterocycles. The normalized spacial score (nSPS) is 10.3. The van der Waals surface area contributed by atoms with E-state index in [1.807, 2.05) is 24.3 Å². The Bertz CT molecular complexity index is 945. The summed E-state index contributed by atoms with van der Waals surface area (Å²) in [4.78, 5) is 24.1. The molecule has 1 amide bonds. The number of phenols is 1. The Morgan fingerprint density at radius 1 is 0.857 bits per heavy atom. The van der Waals surface area contributed by atoms with Crippen LogP contribution < -0.4 is 5.32 Å². The number of carbonyl (C=O) groups is 2. The van der Waals surface area contributed by atoms with Crippen molar-refractivity contribution < 1.29 is 19.4 Å². The number of anilines is 1. The molecule has 2 N–H and O–H groups in total. The van der Waals surface area contributed by atoms with Crippen LogP contribution in [0.4, 0.5) is 5.69 Å². The molecule has 0 fully saturated rings. The minimum absolute atomic E-state index is 0.198. The van der Waals surface area contributed by atoms with Gasteiger partial charge in [-0.2, -0.15) is 0 Å². The molecule has 0 aromatic heterocycles. The standard InChI is InChI=1S/C23H21NO4/c1-2-16-3-11-20(12-4-16)24-22(26)15-28-23(27)19-7-5-17(6-8-19)18-9-13-21(25)14-10-18/h3-14,25H,2,15H2,1H3,(H,24,26). The second kappa shape index (κ2) is 8.86. The molecule has 142 valence electrons. The average Bonchev–Trinajstić information content (AvgIpc) is 2.73. The number of phenolic OH excluding ortho intramolecular Hbond substituents is 1. The van der Waals surface area contributed by atoms with Crippen LogP contribution in [0.1, 0.15) is 22.8 Å². The van der Waals surface area contributed by atoms with Crippen molar-refractivity contribution in [2.45, 2.75) is 13.3 Å². The monoisotopic (exact) mass is 375 g/mol. The van der Waals surface area contributed by atoms with Gasteiger partial charge in [0, 0.05) is 5.69 Å². The number of hydrogen-bond donors (Lipinski definition) is 2. The SMILES string of the molecule is CCc1ccc(NC(=O)COC(=O)c2ccc(-c3ccc(O)cc3)cc2)cc1. The van der Waals surface area contributed by atoms with E-state index in [2.05, 4.69) is 12.2 Å². The minimum atomic E-state index is -0.561. The largest absolute Gasteiger partial charge is 0.508 e. The van der Waals surface area contributed by atoms with Crippen molar-refractivity contribution in [2.75, 3.05) is 11.9 Å². The van der Waals surface area contributed by atoms with Crippen LogP contribution in [0.15, 0.2) is 72.8 Å². The van der Waals surface area contributed by atoms with Crippen molar-refractivity contribution in [2.24, 2.45) is 0 Å². The molecule has 0 aliphatic rings. The summed E-state index contributed by atoms with van der Waals surface area (Å²) in [6.07, 6.45) is 0.928. The lowest BCUT2D eigenvalue weighted by molar-refractivity contribution is -0.119.